The van der Waals surface area contributed by atoms with E-state index in [-0.39, 0.29) is 23.5 Å². The van der Waals surface area contributed by atoms with Crippen LogP contribution >= 0.6 is 11.8 Å². The number of carbonyl (C=O) groups is 2. The molecular weight excluding hydrogens is 310 g/mol. The Kier molecular flexibility index (Phi) is 5.82. The van der Waals surface area contributed by atoms with E-state index < -0.39 is 0 Å². The summed E-state index contributed by atoms with van der Waals surface area (Å²) in [6.45, 7) is 9.02. The molecule has 0 aliphatic carbocycles. The van der Waals surface area contributed by atoms with Crippen molar-refractivity contribution < 1.29 is 9.59 Å². The zero-order valence-corrected chi connectivity index (χ0v) is 14.9. The Morgan fingerprint density at radius 2 is 2.04 bits per heavy atom. The summed E-state index contributed by atoms with van der Waals surface area (Å²) in [4.78, 5) is 30.5. The van der Waals surface area contributed by atoms with Crippen molar-refractivity contribution in [3.63, 3.8) is 0 Å². The maximum atomic E-state index is 12.4. The van der Waals surface area contributed by atoms with Gasteiger partial charge >= 0.3 is 0 Å². The number of hydrogen-bond acceptors (Lipinski definition) is 4. The van der Waals surface area contributed by atoms with Crippen molar-refractivity contribution in [2.75, 3.05) is 13.1 Å². The number of aliphatic imine (C=N–C) groups is 1. The number of amidine groups is 1. The summed E-state index contributed by atoms with van der Waals surface area (Å²) in [5.74, 6) is -0.131. The molecule has 1 saturated heterocycles. The van der Waals surface area contributed by atoms with Crippen LogP contribution in [0.4, 0.5) is 5.69 Å². The lowest BCUT2D eigenvalue weighted by Gasteiger charge is -2.13. The molecule has 1 aliphatic heterocycles. The fourth-order valence-corrected chi connectivity index (χ4v) is 3.58. The van der Waals surface area contributed by atoms with Crippen LogP contribution in [-0.2, 0) is 9.59 Å². The standard InChI is InChI=1S/C17H23N3O2S/c1-5-18-15(21)10-14-16(22)20(6-2)17(23-14)19-13-8-7-11(3)12(4)9-13/h7-9,14H,5-6,10H2,1-4H3,(H,18,21). The number of carbonyl (C=O) groups excluding carboxylic acids is 2. The second-order valence-electron chi connectivity index (χ2n) is 5.51. The van der Waals surface area contributed by atoms with Gasteiger partial charge in [-0.3, -0.25) is 14.5 Å². The minimum absolute atomic E-state index is 0.0358. The first kappa shape index (κ1) is 17.5. The van der Waals surface area contributed by atoms with Gasteiger partial charge in [-0.1, -0.05) is 17.8 Å². The summed E-state index contributed by atoms with van der Waals surface area (Å²) < 4.78 is 0. The molecule has 1 fully saturated rings. The number of nitrogens with zero attached hydrogens (tertiary/aromatic N) is 2. The Bertz CT molecular complexity index is 643. The zero-order valence-electron chi connectivity index (χ0n) is 14.0. The van der Waals surface area contributed by atoms with Crippen molar-refractivity contribution in [1.82, 2.24) is 10.2 Å². The second kappa shape index (κ2) is 7.64. The van der Waals surface area contributed by atoms with Crippen molar-refractivity contribution >= 4 is 34.4 Å². The van der Waals surface area contributed by atoms with Gasteiger partial charge in [-0.15, -0.1) is 0 Å². The van der Waals surface area contributed by atoms with Gasteiger partial charge in [-0.25, -0.2) is 4.99 Å². The summed E-state index contributed by atoms with van der Waals surface area (Å²) in [5.41, 5.74) is 3.22. The first-order valence-corrected chi connectivity index (χ1v) is 8.74. The lowest BCUT2D eigenvalue weighted by atomic mass is 10.1. The quantitative estimate of drug-likeness (QED) is 0.901. The minimum atomic E-state index is -0.383. The monoisotopic (exact) mass is 333 g/mol. The average molecular weight is 333 g/mol. The van der Waals surface area contributed by atoms with Gasteiger partial charge in [0.15, 0.2) is 5.17 Å². The van der Waals surface area contributed by atoms with Crippen molar-refractivity contribution in [2.24, 2.45) is 4.99 Å². The van der Waals surface area contributed by atoms with Gasteiger partial charge in [0.1, 0.15) is 5.25 Å². The average Bonchev–Trinajstić information content (AvgIpc) is 2.78. The summed E-state index contributed by atoms with van der Waals surface area (Å²) in [5, 5.41) is 3.03. The molecule has 0 radical (unpaired) electrons. The van der Waals surface area contributed by atoms with Gasteiger partial charge in [0.05, 0.1) is 5.69 Å². The fourth-order valence-electron chi connectivity index (χ4n) is 2.36. The lowest BCUT2D eigenvalue weighted by Crippen LogP contribution is -2.34. The predicted octanol–water partition coefficient (Wildman–Crippen LogP) is 2.78. The van der Waals surface area contributed by atoms with E-state index in [2.05, 4.69) is 17.2 Å². The normalized spacial score (nSPS) is 19.5. The van der Waals surface area contributed by atoms with Gasteiger partial charge in [0, 0.05) is 19.5 Å². The Morgan fingerprint density at radius 3 is 2.65 bits per heavy atom. The third-order valence-corrected chi connectivity index (χ3v) is 4.97. The molecule has 0 bridgehead atoms. The van der Waals surface area contributed by atoms with Crippen LogP contribution in [0.1, 0.15) is 31.4 Å². The van der Waals surface area contributed by atoms with Gasteiger partial charge in [0.2, 0.25) is 11.8 Å². The maximum absolute atomic E-state index is 12.4. The highest BCUT2D eigenvalue weighted by Gasteiger charge is 2.38. The number of rotatable bonds is 5. The third kappa shape index (κ3) is 4.13. The molecular formula is C17H23N3O2S. The third-order valence-electron chi connectivity index (χ3n) is 3.80. The van der Waals surface area contributed by atoms with Crippen LogP contribution in [0.2, 0.25) is 0 Å². The van der Waals surface area contributed by atoms with Crippen LogP contribution in [0.25, 0.3) is 0 Å². The summed E-state index contributed by atoms with van der Waals surface area (Å²) in [7, 11) is 0. The molecule has 0 spiro atoms. The van der Waals surface area contributed by atoms with E-state index in [1.54, 1.807) is 4.90 Å². The predicted molar refractivity (Wildman–Crippen MR) is 95.1 cm³/mol. The number of aryl methyl sites for hydroxylation is 2. The SMILES string of the molecule is CCNC(=O)CC1SC(=Nc2ccc(C)c(C)c2)N(CC)C1=O. The lowest BCUT2D eigenvalue weighted by molar-refractivity contribution is -0.129. The largest absolute Gasteiger partial charge is 0.356 e. The molecule has 6 heteroatoms. The topological polar surface area (TPSA) is 61.8 Å². The summed E-state index contributed by atoms with van der Waals surface area (Å²) in [6.07, 6.45) is 0.194. The first-order valence-electron chi connectivity index (χ1n) is 7.87. The van der Waals surface area contributed by atoms with E-state index in [4.69, 9.17) is 0 Å². The highest BCUT2D eigenvalue weighted by Crippen LogP contribution is 2.31. The Hall–Kier alpha value is -1.82. The first-order chi connectivity index (χ1) is 11.0. The molecule has 5 nitrogen and oxygen atoms in total. The van der Waals surface area contributed by atoms with Gasteiger partial charge in [-0.05, 0) is 51.0 Å². The Labute approximate surface area is 141 Å². The van der Waals surface area contributed by atoms with Gasteiger partial charge in [0.25, 0.3) is 0 Å². The van der Waals surface area contributed by atoms with Crippen molar-refractivity contribution in [3.8, 4) is 0 Å². The van der Waals surface area contributed by atoms with Crippen LogP contribution < -0.4 is 5.32 Å². The molecule has 1 aliphatic rings. The fraction of sp³-hybridized carbons (Fsp3) is 0.471. The smallest absolute Gasteiger partial charge is 0.242 e. The minimum Gasteiger partial charge on any atom is -0.356 e. The molecule has 2 amide bonds. The molecule has 1 aromatic carbocycles. The van der Waals surface area contributed by atoms with Crippen LogP contribution in [0.15, 0.2) is 23.2 Å². The van der Waals surface area contributed by atoms with Crippen LogP contribution in [0, 0.1) is 13.8 Å². The van der Waals surface area contributed by atoms with E-state index in [1.807, 2.05) is 39.0 Å². The number of hydrogen-bond donors (Lipinski definition) is 1. The van der Waals surface area contributed by atoms with E-state index in [0.29, 0.717) is 18.3 Å². The maximum Gasteiger partial charge on any atom is 0.242 e. The number of thioether (sulfide) groups is 1. The van der Waals surface area contributed by atoms with Crippen molar-refractivity contribution in [1.29, 1.82) is 0 Å². The molecule has 1 unspecified atom stereocenters. The Morgan fingerprint density at radius 1 is 1.30 bits per heavy atom. The molecule has 23 heavy (non-hydrogen) atoms. The molecule has 1 aromatic rings. The molecule has 0 saturated carbocycles. The highest BCUT2D eigenvalue weighted by atomic mass is 32.2. The van der Waals surface area contributed by atoms with E-state index in [0.717, 1.165) is 5.69 Å². The van der Waals surface area contributed by atoms with Crippen LogP contribution in [0.5, 0.6) is 0 Å². The molecule has 1 heterocycles. The molecule has 0 aromatic heterocycles. The zero-order chi connectivity index (χ0) is 17.0. The van der Waals surface area contributed by atoms with Crippen LogP contribution in [-0.4, -0.2) is 40.2 Å². The second-order valence-corrected chi connectivity index (χ2v) is 6.68. The number of amides is 2. The number of benzene rings is 1. The van der Waals surface area contributed by atoms with E-state index in [1.165, 1.54) is 22.9 Å². The molecule has 1 N–H and O–H groups in total. The number of nitrogens with one attached hydrogen (secondary N) is 1. The highest BCUT2D eigenvalue weighted by molar-refractivity contribution is 8.15. The molecule has 1 atom stereocenters. The van der Waals surface area contributed by atoms with Crippen LogP contribution in [0.3, 0.4) is 0 Å². The molecule has 124 valence electrons. The van der Waals surface area contributed by atoms with E-state index in [9.17, 15) is 9.59 Å². The summed E-state index contributed by atoms with van der Waals surface area (Å²) >= 11 is 1.38. The molecule has 2 rings (SSSR count). The van der Waals surface area contributed by atoms with Crippen molar-refractivity contribution in [2.45, 2.75) is 39.4 Å². The Balaban J connectivity index is 2.20. The van der Waals surface area contributed by atoms with Gasteiger partial charge in [-0.2, -0.15) is 0 Å². The van der Waals surface area contributed by atoms with E-state index >= 15 is 0 Å². The van der Waals surface area contributed by atoms with Crippen molar-refractivity contribution in [3.05, 3.63) is 29.3 Å². The summed E-state index contributed by atoms with van der Waals surface area (Å²) in [6, 6.07) is 5.99. The van der Waals surface area contributed by atoms with Gasteiger partial charge < -0.3 is 5.32 Å².